The Labute approximate surface area is 125 Å². The Morgan fingerprint density at radius 3 is 2.57 bits per heavy atom. The zero-order valence-electron chi connectivity index (χ0n) is 12.3. The minimum Gasteiger partial charge on any atom is -0.497 e. The van der Waals surface area contributed by atoms with Gasteiger partial charge in [0.1, 0.15) is 5.75 Å². The topological polar surface area (TPSA) is 24.5 Å². The maximum atomic E-state index is 5.25. The third kappa shape index (κ3) is 2.23. The van der Waals surface area contributed by atoms with Gasteiger partial charge in [0.15, 0.2) is 0 Å². The maximum absolute atomic E-state index is 5.25. The molecule has 2 aromatic rings. The SMILES string of the molecule is COc1ccc([C@H]2NC[C@H]3Cc4ccccc4CN32)cc1. The summed E-state index contributed by atoms with van der Waals surface area (Å²) in [7, 11) is 1.71. The average Bonchev–Trinajstić information content (AvgIpc) is 2.95. The second-order valence-corrected chi connectivity index (χ2v) is 5.88. The summed E-state index contributed by atoms with van der Waals surface area (Å²) in [6.07, 6.45) is 1.46. The lowest BCUT2D eigenvalue weighted by molar-refractivity contribution is 0.167. The number of nitrogens with one attached hydrogen (secondary N) is 1. The van der Waals surface area contributed by atoms with Gasteiger partial charge in [-0.2, -0.15) is 0 Å². The van der Waals surface area contributed by atoms with Gasteiger partial charge in [0.2, 0.25) is 0 Å². The van der Waals surface area contributed by atoms with Crippen LogP contribution in [0.1, 0.15) is 22.9 Å². The molecule has 0 aliphatic carbocycles. The molecule has 0 amide bonds. The van der Waals surface area contributed by atoms with Crippen molar-refractivity contribution in [2.75, 3.05) is 13.7 Å². The molecule has 2 atom stereocenters. The summed E-state index contributed by atoms with van der Waals surface area (Å²) in [5, 5.41) is 3.67. The standard InChI is InChI=1S/C18H20N2O/c1-21-17-8-6-13(7-9-17)18-19-11-16-10-14-4-2-3-5-15(14)12-20(16)18/h2-9,16,18-19H,10-12H2,1H3/t16-,18+/m1/s1. The van der Waals surface area contributed by atoms with Crippen LogP contribution >= 0.6 is 0 Å². The van der Waals surface area contributed by atoms with E-state index >= 15 is 0 Å². The Balaban J connectivity index is 1.61. The molecule has 1 N–H and O–H groups in total. The van der Waals surface area contributed by atoms with Crippen molar-refractivity contribution < 1.29 is 4.74 Å². The zero-order valence-corrected chi connectivity index (χ0v) is 12.3. The zero-order chi connectivity index (χ0) is 14.2. The van der Waals surface area contributed by atoms with Crippen LogP contribution in [0.25, 0.3) is 0 Å². The van der Waals surface area contributed by atoms with Gasteiger partial charge in [0, 0.05) is 19.1 Å². The minimum atomic E-state index is 0.314. The third-order valence-electron chi connectivity index (χ3n) is 4.71. The molecule has 3 heteroatoms. The Kier molecular flexibility index (Phi) is 3.17. The van der Waals surface area contributed by atoms with Gasteiger partial charge in [-0.05, 0) is 35.2 Å². The molecule has 3 nitrogen and oxygen atoms in total. The highest BCUT2D eigenvalue weighted by Gasteiger charge is 2.37. The monoisotopic (exact) mass is 280 g/mol. The number of benzene rings is 2. The van der Waals surface area contributed by atoms with Gasteiger partial charge < -0.3 is 4.74 Å². The van der Waals surface area contributed by atoms with Gasteiger partial charge >= 0.3 is 0 Å². The van der Waals surface area contributed by atoms with Gasteiger partial charge in [-0.1, -0.05) is 36.4 Å². The number of nitrogens with zero attached hydrogens (tertiary/aromatic N) is 1. The third-order valence-corrected chi connectivity index (χ3v) is 4.71. The molecular formula is C18H20N2O. The first-order chi connectivity index (χ1) is 10.3. The molecule has 0 bridgehead atoms. The van der Waals surface area contributed by atoms with Crippen LogP contribution in [0.5, 0.6) is 5.75 Å². The first-order valence-corrected chi connectivity index (χ1v) is 7.55. The van der Waals surface area contributed by atoms with Crippen LogP contribution in [0.15, 0.2) is 48.5 Å². The summed E-state index contributed by atoms with van der Waals surface area (Å²) in [5.41, 5.74) is 4.30. The number of fused-ring (bicyclic) bond motifs is 2. The van der Waals surface area contributed by atoms with Crippen LogP contribution in [0.4, 0.5) is 0 Å². The van der Waals surface area contributed by atoms with E-state index in [-0.39, 0.29) is 0 Å². The van der Waals surface area contributed by atoms with E-state index in [1.54, 1.807) is 7.11 Å². The molecule has 4 rings (SSSR count). The van der Waals surface area contributed by atoms with Crippen molar-refractivity contribution >= 4 is 0 Å². The fraction of sp³-hybridized carbons (Fsp3) is 0.333. The molecule has 2 heterocycles. The van der Waals surface area contributed by atoms with E-state index in [0.717, 1.165) is 25.3 Å². The molecule has 108 valence electrons. The smallest absolute Gasteiger partial charge is 0.118 e. The lowest BCUT2D eigenvalue weighted by Crippen LogP contribution is -2.38. The second kappa shape index (κ2) is 5.17. The van der Waals surface area contributed by atoms with Crippen molar-refractivity contribution in [3.63, 3.8) is 0 Å². The van der Waals surface area contributed by atoms with Crippen molar-refractivity contribution in [2.24, 2.45) is 0 Å². The van der Waals surface area contributed by atoms with Gasteiger partial charge in [0.05, 0.1) is 13.3 Å². The van der Waals surface area contributed by atoms with E-state index in [1.165, 1.54) is 16.7 Å². The highest BCUT2D eigenvalue weighted by molar-refractivity contribution is 5.34. The molecule has 0 saturated carbocycles. The molecular weight excluding hydrogens is 260 g/mol. The molecule has 21 heavy (non-hydrogen) atoms. The first kappa shape index (κ1) is 12.9. The molecule has 1 fully saturated rings. The normalized spacial score (nSPS) is 24.4. The van der Waals surface area contributed by atoms with E-state index < -0.39 is 0 Å². The molecule has 2 aliphatic heterocycles. The van der Waals surface area contributed by atoms with Crippen LogP contribution in [0, 0.1) is 0 Å². The summed E-state index contributed by atoms with van der Waals surface area (Å²) in [6, 6.07) is 17.8. The van der Waals surface area contributed by atoms with Crippen molar-refractivity contribution in [1.82, 2.24) is 10.2 Å². The summed E-state index contributed by atoms with van der Waals surface area (Å²) < 4.78 is 5.25. The largest absolute Gasteiger partial charge is 0.497 e. The van der Waals surface area contributed by atoms with Crippen LogP contribution in [0.3, 0.4) is 0 Å². The summed E-state index contributed by atoms with van der Waals surface area (Å²) in [4.78, 5) is 2.59. The summed E-state index contributed by atoms with van der Waals surface area (Å²) in [6.45, 7) is 2.09. The average molecular weight is 280 g/mol. The number of rotatable bonds is 2. The Morgan fingerprint density at radius 1 is 1.05 bits per heavy atom. The van der Waals surface area contributed by atoms with Crippen LogP contribution in [-0.2, 0) is 13.0 Å². The van der Waals surface area contributed by atoms with Crippen LogP contribution in [0.2, 0.25) is 0 Å². The van der Waals surface area contributed by atoms with E-state index in [4.69, 9.17) is 4.74 Å². The van der Waals surface area contributed by atoms with Crippen LogP contribution < -0.4 is 10.1 Å². The van der Waals surface area contributed by atoms with Crippen molar-refractivity contribution in [3.05, 3.63) is 65.2 Å². The number of ether oxygens (including phenoxy) is 1. The van der Waals surface area contributed by atoms with Gasteiger partial charge in [-0.15, -0.1) is 0 Å². The Bertz CT molecular complexity index is 638. The molecule has 0 spiro atoms. The lowest BCUT2D eigenvalue weighted by Gasteiger charge is -2.34. The fourth-order valence-corrected chi connectivity index (χ4v) is 3.56. The molecule has 2 aliphatic rings. The highest BCUT2D eigenvalue weighted by Crippen LogP contribution is 2.34. The quantitative estimate of drug-likeness (QED) is 0.915. The number of methoxy groups -OCH3 is 1. The van der Waals surface area contributed by atoms with Crippen LogP contribution in [-0.4, -0.2) is 24.6 Å². The fourth-order valence-electron chi connectivity index (χ4n) is 3.56. The summed E-state index contributed by atoms with van der Waals surface area (Å²) in [5.74, 6) is 0.914. The van der Waals surface area contributed by atoms with Crippen molar-refractivity contribution in [1.29, 1.82) is 0 Å². The highest BCUT2D eigenvalue weighted by atomic mass is 16.5. The minimum absolute atomic E-state index is 0.314. The number of hydrogen-bond acceptors (Lipinski definition) is 3. The molecule has 0 aromatic heterocycles. The van der Waals surface area contributed by atoms with Gasteiger partial charge in [0.25, 0.3) is 0 Å². The van der Waals surface area contributed by atoms with Crippen molar-refractivity contribution in [2.45, 2.75) is 25.2 Å². The van der Waals surface area contributed by atoms with Crippen molar-refractivity contribution in [3.8, 4) is 5.75 Å². The molecule has 0 unspecified atom stereocenters. The Morgan fingerprint density at radius 2 is 1.81 bits per heavy atom. The van der Waals surface area contributed by atoms with Gasteiger partial charge in [-0.3, -0.25) is 10.2 Å². The number of hydrogen-bond donors (Lipinski definition) is 1. The predicted octanol–water partition coefficient (Wildman–Crippen LogP) is 2.72. The predicted molar refractivity (Wildman–Crippen MR) is 83.2 cm³/mol. The lowest BCUT2D eigenvalue weighted by atomic mass is 9.94. The first-order valence-electron chi connectivity index (χ1n) is 7.55. The van der Waals surface area contributed by atoms with E-state index in [2.05, 4.69) is 46.6 Å². The van der Waals surface area contributed by atoms with E-state index in [1.807, 2.05) is 12.1 Å². The molecule has 1 saturated heterocycles. The summed E-state index contributed by atoms with van der Waals surface area (Å²) >= 11 is 0. The molecule has 0 radical (unpaired) electrons. The van der Waals surface area contributed by atoms with Gasteiger partial charge in [-0.25, -0.2) is 0 Å². The second-order valence-electron chi connectivity index (χ2n) is 5.88. The maximum Gasteiger partial charge on any atom is 0.118 e. The Hall–Kier alpha value is -1.84. The van der Waals surface area contributed by atoms with E-state index in [9.17, 15) is 0 Å². The molecule has 2 aromatic carbocycles. The van der Waals surface area contributed by atoms with E-state index in [0.29, 0.717) is 12.2 Å².